The Morgan fingerprint density at radius 3 is 2.70 bits per heavy atom. The molecule has 0 bridgehead atoms. The van der Waals surface area contributed by atoms with Crippen LogP contribution in [-0.4, -0.2) is 70.4 Å². The van der Waals surface area contributed by atoms with Crippen LogP contribution in [0.4, 0.5) is 18.9 Å². The molecular formula is C20H26F3N5OS. The number of pyridine rings is 1. The zero-order valence-corrected chi connectivity index (χ0v) is 17.9. The molecule has 2 aromatic rings. The maximum atomic E-state index is 13.1. The number of rotatable bonds is 5. The lowest BCUT2D eigenvalue weighted by molar-refractivity contribution is -0.141. The van der Waals surface area contributed by atoms with Crippen molar-refractivity contribution in [3.63, 3.8) is 0 Å². The van der Waals surface area contributed by atoms with Gasteiger partial charge in [-0.15, -0.1) is 0 Å². The van der Waals surface area contributed by atoms with Crippen molar-refractivity contribution in [2.75, 3.05) is 38.0 Å². The van der Waals surface area contributed by atoms with Crippen molar-refractivity contribution in [2.24, 2.45) is 5.92 Å². The summed E-state index contributed by atoms with van der Waals surface area (Å²) < 4.78 is 41.6. The van der Waals surface area contributed by atoms with E-state index in [-0.39, 0.29) is 18.3 Å². The number of nitrogens with one attached hydrogen (secondary N) is 1. The molecule has 0 unspecified atom stereocenters. The zero-order valence-electron chi connectivity index (χ0n) is 17.1. The molecule has 0 saturated heterocycles. The van der Waals surface area contributed by atoms with Gasteiger partial charge in [-0.25, -0.2) is 4.98 Å². The highest BCUT2D eigenvalue weighted by Crippen LogP contribution is 2.39. The molecular weight excluding hydrogens is 415 g/mol. The number of hydrogen-bond donors (Lipinski definition) is 1. The Hall–Kier alpha value is -1.94. The van der Waals surface area contributed by atoms with E-state index in [2.05, 4.69) is 27.6 Å². The number of anilines is 1. The molecule has 0 aromatic carbocycles. The zero-order chi connectivity index (χ0) is 21.5. The van der Waals surface area contributed by atoms with Crippen LogP contribution in [0.3, 0.4) is 0 Å². The van der Waals surface area contributed by atoms with Gasteiger partial charge in [0, 0.05) is 30.4 Å². The number of hydrogen-bond acceptors (Lipinski definition) is 5. The molecule has 1 saturated carbocycles. The van der Waals surface area contributed by atoms with Gasteiger partial charge in [-0.3, -0.25) is 9.10 Å². The average molecular weight is 442 g/mol. The van der Waals surface area contributed by atoms with Crippen LogP contribution in [0.15, 0.2) is 18.5 Å². The smallest absolute Gasteiger partial charge is 0.349 e. The summed E-state index contributed by atoms with van der Waals surface area (Å²) in [6, 6.07) is 1.95. The molecule has 1 fully saturated rings. The largest absolute Gasteiger partial charge is 0.406 e. The van der Waals surface area contributed by atoms with Gasteiger partial charge in [-0.1, -0.05) is 11.9 Å². The molecule has 2 aromatic heterocycles. The summed E-state index contributed by atoms with van der Waals surface area (Å²) in [7, 11) is 2.08. The quantitative estimate of drug-likeness (QED) is 0.708. The number of carbonyl (C=O) groups excluding carboxylic acids is 1. The minimum atomic E-state index is -4.44. The summed E-state index contributed by atoms with van der Waals surface area (Å²) in [5, 5.41) is 0.789. The molecule has 4 rings (SSSR count). The average Bonchev–Trinajstić information content (AvgIpc) is 3.18. The van der Waals surface area contributed by atoms with Gasteiger partial charge in [-0.05, 0) is 51.0 Å². The molecule has 0 spiro atoms. The van der Waals surface area contributed by atoms with E-state index < -0.39 is 18.6 Å². The van der Waals surface area contributed by atoms with Gasteiger partial charge in [0.15, 0.2) is 0 Å². The first kappa shape index (κ1) is 21.3. The van der Waals surface area contributed by atoms with E-state index in [0.29, 0.717) is 17.3 Å². The lowest BCUT2D eigenvalue weighted by Gasteiger charge is -2.45. The highest BCUT2D eigenvalue weighted by molar-refractivity contribution is 7.96. The number of aromatic nitrogens is 2. The van der Waals surface area contributed by atoms with E-state index in [1.165, 1.54) is 6.20 Å². The van der Waals surface area contributed by atoms with E-state index in [9.17, 15) is 18.0 Å². The second-order valence-electron chi connectivity index (χ2n) is 8.16. The normalized spacial score (nSPS) is 22.8. The molecule has 1 aliphatic carbocycles. The van der Waals surface area contributed by atoms with E-state index in [1.54, 1.807) is 18.1 Å². The molecule has 2 aliphatic rings. The van der Waals surface area contributed by atoms with Crippen LogP contribution >= 0.6 is 11.9 Å². The molecule has 0 radical (unpaired) electrons. The number of fused-ring (bicyclic) bond motifs is 3. The SMILES string of the molecule is CSN(C)CC1CCC(N2CN(CC(F)(F)F)C(=O)c3cnc4[nH]ccc4c32)CC1. The van der Waals surface area contributed by atoms with Crippen molar-refractivity contribution in [1.82, 2.24) is 19.2 Å². The third kappa shape index (κ3) is 4.25. The van der Waals surface area contributed by atoms with Crippen LogP contribution in [0.5, 0.6) is 0 Å². The van der Waals surface area contributed by atoms with Crippen LogP contribution in [-0.2, 0) is 0 Å². The number of amides is 1. The Morgan fingerprint density at radius 1 is 1.30 bits per heavy atom. The van der Waals surface area contributed by atoms with Gasteiger partial charge < -0.3 is 14.8 Å². The highest BCUT2D eigenvalue weighted by Gasteiger charge is 2.41. The Balaban J connectivity index is 1.62. The number of alkyl halides is 3. The van der Waals surface area contributed by atoms with Crippen molar-refractivity contribution < 1.29 is 18.0 Å². The summed E-state index contributed by atoms with van der Waals surface area (Å²) in [6.07, 6.45) is 4.61. The first-order valence-corrected chi connectivity index (χ1v) is 11.3. The van der Waals surface area contributed by atoms with Crippen LogP contribution < -0.4 is 4.90 Å². The summed E-state index contributed by atoms with van der Waals surface area (Å²) in [5.74, 6) is -0.0231. The second kappa shape index (κ2) is 8.30. The van der Waals surface area contributed by atoms with Crippen molar-refractivity contribution in [2.45, 2.75) is 37.9 Å². The molecule has 1 amide bonds. The Labute approximate surface area is 177 Å². The number of carbonyl (C=O) groups is 1. The highest BCUT2D eigenvalue weighted by atomic mass is 32.2. The summed E-state index contributed by atoms with van der Waals surface area (Å²) in [6.45, 7) is -0.286. The predicted molar refractivity (Wildman–Crippen MR) is 112 cm³/mol. The van der Waals surface area contributed by atoms with Gasteiger partial charge in [-0.2, -0.15) is 13.2 Å². The Kier molecular flexibility index (Phi) is 5.89. The molecule has 1 aliphatic heterocycles. The Bertz CT molecular complexity index is 909. The van der Waals surface area contributed by atoms with Crippen molar-refractivity contribution >= 4 is 34.6 Å². The van der Waals surface area contributed by atoms with Crippen LogP contribution in [0.2, 0.25) is 0 Å². The number of H-pyrrole nitrogens is 1. The fourth-order valence-corrected chi connectivity index (χ4v) is 5.02. The van der Waals surface area contributed by atoms with E-state index >= 15 is 0 Å². The maximum Gasteiger partial charge on any atom is 0.406 e. The van der Waals surface area contributed by atoms with Gasteiger partial charge in [0.1, 0.15) is 12.2 Å². The molecule has 0 atom stereocenters. The summed E-state index contributed by atoms with van der Waals surface area (Å²) >= 11 is 1.71. The molecule has 30 heavy (non-hydrogen) atoms. The third-order valence-electron chi connectivity index (χ3n) is 6.14. The fourth-order valence-electron chi connectivity index (χ4n) is 4.66. The van der Waals surface area contributed by atoms with Crippen LogP contribution in [0.25, 0.3) is 11.0 Å². The number of aromatic amines is 1. The number of halogens is 3. The minimum Gasteiger partial charge on any atom is -0.349 e. The van der Waals surface area contributed by atoms with Gasteiger partial charge in [0.05, 0.1) is 17.9 Å². The first-order valence-electron chi connectivity index (χ1n) is 10.1. The molecule has 10 heteroatoms. The van der Waals surface area contributed by atoms with Crippen molar-refractivity contribution in [3.8, 4) is 0 Å². The van der Waals surface area contributed by atoms with Crippen LogP contribution in [0.1, 0.15) is 36.0 Å². The maximum absolute atomic E-state index is 13.1. The second-order valence-corrected chi connectivity index (χ2v) is 9.15. The monoisotopic (exact) mass is 441 g/mol. The first-order chi connectivity index (χ1) is 14.3. The third-order valence-corrected chi connectivity index (χ3v) is 6.91. The van der Waals surface area contributed by atoms with Crippen molar-refractivity contribution in [1.29, 1.82) is 0 Å². The fraction of sp³-hybridized carbons (Fsp3) is 0.600. The van der Waals surface area contributed by atoms with Gasteiger partial charge in [0.25, 0.3) is 5.91 Å². The minimum absolute atomic E-state index is 0.0459. The van der Waals surface area contributed by atoms with Gasteiger partial charge >= 0.3 is 6.18 Å². The van der Waals surface area contributed by atoms with E-state index in [4.69, 9.17) is 0 Å². The summed E-state index contributed by atoms with van der Waals surface area (Å²) in [5.41, 5.74) is 1.61. The van der Waals surface area contributed by atoms with E-state index in [0.717, 1.165) is 42.5 Å². The molecule has 3 heterocycles. The molecule has 164 valence electrons. The molecule has 6 nitrogen and oxygen atoms in total. The van der Waals surface area contributed by atoms with E-state index in [1.807, 2.05) is 11.0 Å². The molecule has 1 N–H and O–H groups in total. The van der Waals surface area contributed by atoms with Crippen molar-refractivity contribution in [3.05, 3.63) is 24.0 Å². The predicted octanol–water partition coefficient (Wildman–Crippen LogP) is 4.11. The number of nitrogens with zero attached hydrogens (tertiary/aromatic N) is 4. The summed E-state index contributed by atoms with van der Waals surface area (Å²) in [4.78, 5) is 23.0. The van der Waals surface area contributed by atoms with Gasteiger partial charge in [0.2, 0.25) is 0 Å². The van der Waals surface area contributed by atoms with Crippen LogP contribution in [0, 0.1) is 5.92 Å². The lowest BCUT2D eigenvalue weighted by Crippen LogP contribution is -2.54. The standard InChI is InChI=1S/C20H26F3N5OS/c1-26(30-2)10-13-3-5-14(6-4-13)28-12-27(11-20(21,22)23)19(29)16-9-25-18-15(17(16)28)7-8-24-18/h7-9,13-14H,3-6,10-12H2,1-2H3,(H,24,25). The lowest BCUT2D eigenvalue weighted by atomic mass is 9.84. The topological polar surface area (TPSA) is 55.5 Å². The Morgan fingerprint density at radius 2 is 2.03 bits per heavy atom.